The van der Waals surface area contributed by atoms with Gasteiger partial charge in [0.1, 0.15) is 10.0 Å². The zero-order valence-electron chi connectivity index (χ0n) is 14.9. The monoisotopic (exact) mass is 435 g/mol. The Balaban J connectivity index is 2.08. The van der Waals surface area contributed by atoms with Crippen molar-refractivity contribution >= 4 is 43.2 Å². The van der Waals surface area contributed by atoms with Gasteiger partial charge >= 0.3 is 0 Å². The second-order valence-corrected chi connectivity index (χ2v) is 8.88. The summed E-state index contributed by atoms with van der Waals surface area (Å²) in [5.41, 5.74) is 3.74. The molecule has 1 aliphatic heterocycles. The predicted molar refractivity (Wildman–Crippen MR) is 107 cm³/mol. The van der Waals surface area contributed by atoms with Crippen molar-refractivity contribution in [3.05, 3.63) is 56.2 Å². The molecule has 2 aromatic rings. The van der Waals surface area contributed by atoms with Crippen molar-refractivity contribution in [3.8, 4) is 0 Å². The summed E-state index contributed by atoms with van der Waals surface area (Å²) in [5.74, 6) is -0.0892. The van der Waals surface area contributed by atoms with E-state index in [1.54, 1.807) is 24.0 Å². The van der Waals surface area contributed by atoms with E-state index in [1.165, 1.54) is 6.07 Å². The molecule has 0 radical (unpaired) electrons. The molecule has 2 aromatic carbocycles. The maximum Gasteiger partial charge on any atom is 0.226 e. The summed E-state index contributed by atoms with van der Waals surface area (Å²) in [6, 6.07) is 8.68. The molecule has 0 spiro atoms. The number of halogens is 1. The van der Waals surface area contributed by atoms with Gasteiger partial charge in [0, 0.05) is 17.4 Å². The largest absolute Gasteiger partial charge is 0.573 e. The molecular formula is C19H20BrN2O3S-. The Bertz CT molecular complexity index is 987. The van der Waals surface area contributed by atoms with Gasteiger partial charge in [-0.1, -0.05) is 41.1 Å². The van der Waals surface area contributed by atoms with Crippen LogP contribution in [0, 0.1) is 13.8 Å². The van der Waals surface area contributed by atoms with Crippen molar-refractivity contribution in [1.29, 1.82) is 0 Å². The van der Waals surface area contributed by atoms with Crippen molar-refractivity contribution in [2.75, 3.05) is 11.4 Å². The molecule has 0 aliphatic carbocycles. The summed E-state index contributed by atoms with van der Waals surface area (Å²) in [4.78, 5) is 13.9. The molecule has 3 rings (SSSR count). The average molecular weight is 436 g/mol. The number of hydrogen-bond acceptors (Lipinski definition) is 3. The van der Waals surface area contributed by atoms with Gasteiger partial charge < -0.3 is 9.62 Å². The van der Waals surface area contributed by atoms with Crippen LogP contribution in [-0.2, 0) is 21.2 Å². The Hall–Kier alpha value is -1.86. The normalized spacial score (nSPS) is 13.6. The molecule has 0 bridgehead atoms. The predicted octanol–water partition coefficient (Wildman–Crippen LogP) is 4.76. The fourth-order valence-corrected chi connectivity index (χ4v) is 4.98. The van der Waals surface area contributed by atoms with Gasteiger partial charge in [0.2, 0.25) is 5.91 Å². The number of amides is 1. The van der Waals surface area contributed by atoms with Crippen molar-refractivity contribution < 1.29 is 13.2 Å². The van der Waals surface area contributed by atoms with Gasteiger partial charge in [-0.05, 0) is 49.1 Å². The lowest BCUT2D eigenvalue weighted by Crippen LogP contribution is -2.29. The molecule has 0 saturated carbocycles. The smallest absolute Gasteiger partial charge is 0.226 e. The van der Waals surface area contributed by atoms with Crippen molar-refractivity contribution in [3.63, 3.8) is 0 Å². The number of carbonyl (C=O) groups is 1. The lowest BCUT2D eigenvalue weighted by atomic mass is 10.1. The molecule has 26 heavy (non-hydrogen) atoms. The highest BCUT2D eigenvalue weighted by atomic mass is 79.9. The molecule has 0 saturated heterocycles. The van der Waals surface area contributed by atoms with Crippen LogP contribution in [0.2, 0.25) is 0 Å². The van der Waals surface area contributed by atoms with E-state index < -0.39 is 10.0 Å². The van der Waals surface area contributed by atoms with Crippen LogP contribution >= 0.6 is 15.9 Å². The maximum absolute atomic E-state index is 13.0. The molecule has 1 aliphatic rings. The molecule has 138 valence electrons. The topological polar surface area (TPSA) is 68.6 Å². The van der Waals surface area contributed by atoms with Gasteiger partial charge in [0.25, 0.3) is 0 Å². The quantitative estimate of drug-likeness (QED) is 0.694. The Morgan fingerprint density at radius 1 is 1.19 bits per heavy atom. The molecule has 5 nitrogen and oxygen atoms in total. The number of aryl methyl sites for hydroxylation is 2. The molecule has 0 N–H and O–H groups in total. The fraction of sp³-hybridized carbons (Fsp3) is 0.316. The standard InChI is InChI=1S/C19H20BrN2O3S/c1-4-18(23)22-8-7-14-10-15(20)11-17(19(14)22)26(24,25)21-16-6-5-12(2)13(3)9-16/h5-6,9-11H,4,7-8H2,1-3H3/q-1. The van der Waals surface area contributed by atoms with Gasteiger partial charge in [-0.25, -0.2) is 8.42 Å². The highest BCUT2D eigenvalue weighted by molar-refractivity contribution is 9.10. The second kappa shape index (κ2) is 7.04. The summed E-state index contributed by atoms with van der Waals surface area (Å²) in [6.07, 6.45) is 0.954. The molecule has 7 heteroatoms. The van der Waals surface area contributed by atoms with Gasteiger partial charge in [-0.3, -0.25) is 4.79 Å². The fourth-order valence-electron chi connectivity index (χ4n) is 3.08. The van der Waals surface area contributed by atoms with Crippen LogP contribution in [-0.4, -0.2) is 20.9 Å². The second-order valence-electron chi connectivity index (χ2n) is 6.40. The summed E-state index contributed by atoms with van der Waals surface area (Å²) in [5, 5.41) is 0. The summed E-state index contributed by atoms with van der Waals surface area (Å²) in [6.45, 7) is 6.14. The Kier molecular flexibility index (Phi) is 5.12. The molecule has 0 atom stereocenters. The molecule has 0 aromatic heterocycles. The Morgan fingerprint density at radius 2 is 1.92 bits per heavy atom. The number of benzene rings is 2. The van der Waals surface area contributed by atoms with Crippen molar-refractivity contribution in [2.45, 2.75) is 38.5 Å². The maximum atomic E-state index is 13.0. The zero-order valence-corrected chi connectivity index (χ0v) is 17.3. The van der Waals surface area contributed by atoms with E-state index >= 15 is 0 Å². The lowest BCUT2D eigenvalue weighted by molar-refractivity contribution is -0.118. The van der Waals surface area contributed by atoms with Crippen molar-refractivity contribution in [1.82, 2.24) is 0 Å². The van der Waals surface area contributed by atoms with E-state index in [2.05, 4.69) is 20.7 Å². The van der Waals surface area contributed by atoms with E-state index in [1.807, 2.05) is 26.0 Å². The SMILES string of the molecule is CCC(=O)N1CCc2cc(Br)cc(S(=O)(=O)[N-]c3ccc(C)c(C)c3)c21. The van der Waals surface area contributed by atoms with Crippen molar-refractivity contribution in [2.24, 2.45) is 0 Å². The third kappa shape index (κ3) is 3.50. The number of rotatable bonds is 4. The molecule has 0 unspecified atom stereocenters. The third-order valence-electron chi connectivity index (χ3n) is 4.59. The van der Waals surface area contributed by atoms with Gasteiger partial charge in [-0.15, -0.1) is 5.69 Å². The summed E-state index contributed by atoms with van der Waals surface area (Å²) in [7, 11) is -3.96. The zero-order chi connectivity index (χ0) is 19.1. The van der Waals surface area contributed by atoms with Gasteiger partial charge in [-0.2, -0.15) is 0 Å². The average Bonchev–Trinajstić information content (AvgIpc) is 3.00. The Labute approximate surface area is 162 Å². The van der Waals surface area contributed by atoms with E-state index in [-0.39, 0.29) is 10.8 Å². The number of carbonyl (C=O) groups excluding carboxylic acids is 1. The number of sulfonamides is 1. The highest BCUT2D eigenvalue weighted by Crippen LogP contribution is 2.41. The lowest BCUT2D eigenvalue weighted by Gasteiger charge is -2.27. The van der Waals surface area contributed by atoms with Gasteiger partial charge in [0.15, 0.2) is 0 Å². The first-order valence-corrected chi connectivity index (χ1v) is 10.6. The van der Waals surface area contributed by atoms with Crippen LogP contribution in [0.5, 0.6) is 0 Å². The number of hydrogen-bond donors (Lipinski definition) is 0. The van der Waals surface area contributed by atoms with E-state index in [0.29, 0.717) is 35.2 Å². The number of nitrogens with zero attached hydrogens (tertiary/aromatic N) is 2. The van der Waals surface area contributed by atoms with E-state index in [0.717, 1.165) is 16.7 Å². The minimum Gasteiger partial charge on any atom is -0.573 e. The van der Waals surface area contributed by atoms with E-state index in [9.17, 15) is 13.2 Å². The van der Waals surface area contributed by atoms with E-state index in [4.69, 9.17) is 0 Å². The first-order chi connectivity index (χ1) is 12.2. The highest BCUT2D eigenvalue weighted by Gasteiger charge is 2.29. The van der Waals surface area contributed by atoms with Crippen LogP contribution in [0.3, 0.4) is 0 Å². The minimum atomic E-state index is -3.96. The van der Waals surface area contributed by atoms with Crippen LogP contribution in [0.4, 0.5) is 11.4 Å². The minimum absolute atomic E-state index is 0.0689. The first-order valence-electron chi connectivity index (χ1n) is 8.41. The molecule has 1 amide bonds. The van der Waals surface area contributed by atoms with Crippen LogP contribution in [0.15, 0.2) is 39.7 Å². The third-order valence-corrected chi connectivity index (χ3v) is 6.37. The van der Waals surface area contributed by atoms with Gasteiger partial charge in [0.05, 0.1) is 10.6 Å². The van der Waals surface area contributed by atoms with Crippen LogP contribution in [0.1, 0.15) is 30.0 Å². The molecule has 1 heterocycles. The first kappa shape index (κ1) is 18.9. The summed E-state index contributed by atoms with van der Waals surface area (Å²) < 4.78 is 30.8. The number of anilines is 1. The molecular weight excluding hydrogens is 416 g/mol. The number of fused-ring (bicyclic) bond motifs is 1. The Morgan fingerprint density at radius 3 is 2.58 bits per heavy atom. The summed E-state index contributed by atoms with van der Waals surface area (Å²) >= 11 is 3.38. The van der Waals surface area contributed by atoms with Crippen LogP contribution in [0.25, 0.3) is 4.72 Å². The van der Waals surface area contributed by atoms with Crippen LogP contribution < -0.4 is 4.90 Å². The molecule has 0 fully saturated rings.